The molecule has 1 heterocycles. The van der Waals surface area contributed by atoms with Crippen LogP contribution in [0.4, 0.5) is 0 Å². The molecule has 0 bridgehead atoms. The first-order valence-electron chi connectivity index (χ1n) is 7.24. The van der Waals surface area contributed by atoms with E-state index in [1.807, 2.05) is 25.5 Å². The van der Waals surface area contributed by atoms with E-state index in [-0.39, 0.29) is 18.6 Å². The maximum atomic E-state index is 11.9. The molecule has 5 nitrogen and oxygen atoms in total. The molecule has 0 radical (unpaired) electrons. The highest BCUT2D eigenvalue weighted by atomic mass is 32.1. The lowest BCUT2D eigenvalue weighted by Crippen LogP contribution is -2.36. The quantitative estimate of drug-likeness (QED) is 0.754. The average Bonchev–Trinajstić information content (AvgIpc) is 3.07. The van der Waals surface area contributed by atoms with Gasteiger partial charge in [0, 0.05) is 17.0 Å². The molecule has 1 unspecified atom stereocenters. The fourth-order valence-corrected chi connectivity index (χ4v) is 2.99. The molecule has 0 saturated carbocycles. The van der Waals surface area contributed by atoms with Crippen molar-refractivity contribution in [2.45, 2.75) is 6.04 Å². The minimum Gasteiger partial charge on any atom is -0.484 e. The van der Waals surface area contributed by atoms with E-state index in [0.29, 0.717) is 17.9 Å². The summed E-state index contributed by atoms with van der Waals surface area (Å²) in [5.41, 5.74) is 0.576. The molecule has 1 atom stereocenters. The molecule has 0 fully saturated rings. The van der Waals surface area contributed by atoms with Crippen molar-refractivity contribution in [2.24, 2.45) is 0 Å². The minimum atomic E-state index is -0.173. The van der Waals surface area contributed by atoms with Gasteiger partial charge in [0.05, 0.1) is 6.04 Å². The number of ether oxygens (including phenoxy) is 1. The summed E-state index contributed by atoms with van der Waals surface area (Å²) in [6.45, 7) is 0.477. The second kappa shape index (κ2) is 8.45. The smallest absolute Gasteiger partial charge is 0.258 e. The van der Waals surface area contributed by atoms with Gasteiger partial charge in [-0.05, 0) is 49.8 Å². The summed E-state index contributed by atoms with van der Waals surface area (Å²) in [5, 5.41) is 4.92. The third-order valence-corrected chi connectivity index (χ3v) is 4.35. The number of amides is 1. The van der Waals surface area contributed by atoms with E-state index in [1.54, 1.807) is 35.6 Å². The van der Waals surface area contributed by atoms with Gasteiger partial charge in [0.2, 0.25) is 0 Å². The first kappa shape index (κ1) is 17.2. The Morgan fingerprint density at radius 3 is 2.61 bits per heavy atom. The molecular weight excluding hydrogens is 312 g/mol. The molecule has 0 spiro atoms. The Bertz CT molecular complexity index is 624. The lowest BCUT2D eigenvalue weighted by atomic mass is 10.2. The summed E-state index contributed by atoms with van der Waals surface area (Å²) < 4.78 is 5.41. The summed E-state index contributed by atoms with van der Waals surface area (Å²) >= 11 is 1.67. The monoisotopic (exact) mass is 332 g/mol. The number of hydrogen-bond acceptors (Lipinski definition) is 5. The van der Waals surface area contributed by atoms with Crippen LogP contribution < -0.4 is 10.1 Å². The Hall–Kier alpha value is -2.18. The van der Waals surface area contributed by atoms with E-state index in [0.717, 1.165) is 6.29 Å². The molecular formula is C17H20N2O3S. The van der Waals surface area contributed by atoms with Crippen LogP contribution in [0.5, 0.6) is 5.75 Å². The van der Waals surface area contributed by atoms with E-state index in [9.17, 15) is 9.59 Å². The number of carbonyl (C=O) groups excluding carboxylic acids is 2. The van der Waals surface area contributed by atoms with Gasteiger partial charge in [0.25, 0.3) is 5.91 Å². The molecule has 0 aliphatic heterocycles. The Labute approximate surface area is 139 Å². The molecule has 0 aliphatic carbocycles. The molecule has 2 aromatic rings. The largest absolute Gasteiger partial charge is 0.484 e. The van der Waals surface area contributed by atoms with E-state index in [1.165, 1.54) is 4.88 Å². The number of likely N-dealkylation sites (N-methyl/N-ethyl adjacent to an activating group) is 1. The van der Waals surface area contributed by atoms with Crippen LogP contribution in [0.3, 0.4) is 0 Å². The molecule has 2 rings (SSSR count). The molecule has 0 saturated heterocycles. The normalized spacial score (nSPS) is 12.0. The zero-order valence-corrected chi connectivity index (χ0v) is 14.0. The topological polar surface area (TPSA) is 58.6 Å². The van der Waals surface area contributed by atoms with Gasteiger partial charge >= 0.3 is 0 Å². The third kappa shape index (κ3) is 5.19. The molecule has 1 amide bonds. The van der Waals surface area contributed by atoms with Crippen LogP contribution in [-0.4, -0.2) is 44.3 Å². The van der Waals surface area contributed by atoms with Crippen LogP contribution in [0.15, 0.2) is 41.8 Å². The number of carbonyl (C=O) groups is 2. The first-order valence-corrected chi connectivity index (χ1v) is 8.12. The van der Waals surface area contributed by atoms with E-state index in [4.69, 9.17) is 4.74 Å². The third-order valence-electron chi connectivity index (χ3n) is 3.37. The standard InChI is InChI=1S/C17H20N2O3S/c1-19(2)15(16-4-3-9-23-16)10-18-17(21)12-22-14-7-5-13(11-20)6-8-14/h3-9,11,15H,10,12H2,1-2H3,(H,18,21). The minimum absolute atomic E-state index is 0.0506. The van der Waals surface area contributed by atoms with Gasteiger partial charge in [-0.15, -0.1) is 11.3 Å². The number of hydrogen-bond donors (Lipinski definition) is 1. The predicted octanol–water partition coefficient (Wildman–Crippen LogP) is 2.36. The number of thiophene rings is 1. The second-order valence-corrected chi connectivity index (χ2v) is 6.25. The van der Waals surface area contributed by atoms with Crippen molar-refractivity contribution in [3.05, 3.63) is 52.2 Å². The van der Waals surface area contributed by atoms with Crippen molar-refractivity contribution in [3.8, 4) is 5.75 Å². The van der Waals surface area contributed by atoms with Crippen LogP contribution in [0.1, 0.15) is 21.3 Å². The Morgan fingerprint density at radius 2 is 2.04 bits per heavy atom. The van der Waals surface area contributed by atoms with E-state index in [2.05, 4.69) is 16.3 Å². The Balaban J connectivity index is 1.80. The molecule has 1 aromatic carbocycles. The lowest BCUT2D eigenvalue weighted by molar-refractivity contribution is -0.123. The summed E-state index contributed by atoms with van der Waals surface area (Å²) in [7, 11) is 3.98. The number of benzene rings is 1. The van der Waals surface area contributed by atoms with Crippen molar-refractivity contribution >= 4 is 23.5 Å². The zero-order chi connectivity index (χ0) is 16.7. The van der Waals surface area contributed by atoms with Gasteiger partial charge in [-0.1, -0.05) is 6.07 Å². The highest BCUT2D eigenvalue weighted by Crippen LogP contribution is 2.22. The molecule has 122 valence electrons. The van der Waals surface area contributed by atoms with Gasteiger partial charge in [-0.2, -0.15) is 0 Å². The van der Waals surface area contributed by atoms with Crippen molar-refractivity contribution in [2.75, 3.05) is 27.2 Å². The molecule has 0 aliphatic rings. The number of nitrogens with one attached hydrogen (secondary N) is 1. The first-order chi connectivity index (χ1) is 11.1. The summed E-state index contributed by atoms with van der Waals surface area (Å²) in [6.07, 6.45) is 0.766. The lowest BCUT2D eigenvalue weighted by Gasteiger charge is -2.23. The van der Waals surface area contributed by atoms with Gasteiger partial charge in [-0.25, -0.2) is 0 Å². The summed E-state index contributed by atoms with van der Waals surface area (Å²) in [5.74, 6) is 0.390. The fraction of sp³-hybridized carbons (Fsp3) is 0.294. The Kier molecular flexibility index (Phi) is 6.31. The maximum absolute atomic E-state index is 11.9. The Morgan fingerprint density at radius 1 is 1.30 bits per heavy atom. The van der Waals surface area contributed by atoms with Gasteiger partial charge < -0.3 is 15.0 Å². The zero-order valence-electron chi connectivity index (χ0n) is 13.2. The molecule has 6 heteroatoms. The van der Waals surface area contributed by atoms with Gasteiger partial charge in [0.1, 0.15) is 12.0 Å². The van der Waals surface area contributed by atoms with Crippen LogP contribution in [0.2, 0.25) is 0 Å². The van der Waals surface area contributed by atoms with E-state index >= 15 is 0 Å². The number of aldehydes is 1. The van der Waals surface area contributed by atoms with Crippen molar-refractivity contribution in [1.82, 2.24) is 10.2 Å². The highest BCUT2D eigenvalue weighted by Gasteiger charge is 2.16. The average molecular weight is 332 g/mol. The molecule has 23 heavy (non-hydrogen) atoms. The molecule has 1 aromatic heterocycles. The number of rotatable bonds is 8. The van der Waals surface area contributed by atoms with E-state index < -0.39 is 0 Å². The second-order valence-electron chi connectivity index (χ2n) is 5.27. The van der Waals surface area contributed by atoms with Crippen molar-refractivity contribution < 1.29 is 14.3 Å². The van der Waals surface area contributed by atoms with Gasteiger partial charge in [0.15, 0.2) is 6.61 Å². The van der Waals surface area contributed by atoms with Crippen LogP contribution in [-0.2, 0) is 4.79 Å². The fourth-order valence-electron chi connectivity index (χ4n) is 2.07. The van der Waals surface area contributed by atoms with Crippen LogP contribution in [0, 0.1) is 0 Å². The predicted molar refractivity (Wildman–Crippen MR) is 91.1 cm³/mol. The summed E-state index contributed by atoms with van der Waals surface area (Å²) in [4.78, 5) is 25.8. The molecule has 1 N–H and O–H groups in total. The van der Waals surface area contributed by atoms with Crippen molar-refractivity contribution in [1.29, 1.82) is 0 Å². The summed E-state index contributed by atoms with van der Waals surface area (Å²) in [6, 6.07) is 10.9. The van der Waals surface area contributed by atoms with Crippen LogP contribution in [0.25, 0.3) is 0 Å². The maximum Gasteiger partial charge on any atom is 0.258 e. The highest BCUT2D eigenvalue weighted by molar-refractivity contribution is 7.10. The van der Waals surface area contributed by atoms with Crippen molar-refractivity contribution in [3.63, 3.8) is 0 Å². The SMILES string of the molecule is CN(C)C(CNC(=O)COc1ccc(C=O)cc1)c1cccs1. The van der Waals surface area contributed by atoms with Crippen LogP contribution >= 0.6 is 11.3 Å². The number of nitrogens with zero attached hydrogens (tertiary/aromatic N) is 1. The van der Waals surface area contributed by atoms with Gasteiger partial charge in [-0.3, -0.25) is 9.59 Å².